The lowest BCUT2D eigenvalue weighted by atomic mass is 9.74. The maximum Gasteiger partial charge on any atom is 0.0697 e. The van der Waals surface area contributed by atoms with Crippen LogP contribution in [0.4, 0.5) is 0 Å². The van der Waals surface area contributed by atoms with Crippen molar-refractivity contribution in [1.82, 2.24) is 15.1 Å². The van der Waals surface area contributed by atoms with Crippen molar-refractivity contribution < 1.29 is 4.74 Å². The zero-order chi connectivity index (χ0) is 13.3. The number of ether oxygens (including phenoxy) is 1. The fraction of sp³-hybridized carbons (Fsp3) is 0.800. The van der Waals surface area contributed by atoms with Crippen LogP contribution in [0.2, 0.25) is 0 Å². The van der Waals surface area contributed by atoms with E-state index in [1.165, 1.54) is 36.9 Å². The van der Waals surface area contributed by atoms with Crippen LogP contribution in [-0.4, -0.2) is 28.0 Å². The van der Waals surface area contributed by atoms with Gasteiger partial charge in [0.15, 0.2) is 0 Å². The third-order valence-corrected chi connectivity index (χ3v) is 4.67. The molecule has 2 heterocycles. The minimum absolute atomic E-state index is 0.235. The van der Waals surface area contributed by atoms with E-state index in [0.717, 1.165) is 26.0 Å². The summed E-state index contributed by atoms with van der Waals surface area (Å²) in [5, 5.41) is 8.22. The molecule has 1 atom stereocenters. The standard InChI is InChI=1S/C15H25N3O/c1-3-14-12(11-18(2)17-14)10-16-13-5-8-19-15(9-13)6-4-7-15/h11,13,16H,3-10H2,1-2H3. The lowest BCUT2D eigenvalue weighted by molar-refractivity contribution is -0.135. The number of nitrogens with zero attached hydrogens (tertiary/aromatic N) is 2. The van der Waals surface area contributed by atoms with Crippen molar-refractivity contribution in [2.45, 2.75) is 63.6 Å². The summed E-state index contributed by atoms with van der Waals surface area (Å²) in [5.41, 5.74) is 2.80. The molecule has 3 rings (SSSR count). The van der Waals surface area contributed by atoms with E-state index in [0.29, 0.717) is 6.04 Å². The number of aromatic nitrogens is 2. The molecule has 1 saturated heterocycles. The number of hydrogen-bond donors (Lipinski definition) is 1. The first-order chi connectivity index (χ1) is 9.21. The highest BCUT2D eigenvalue weighted by Crippen LogP contribution is 2.42. The van der Waals surface area contributed by atoms with Gasteiger partial charge < -0.3 is 10.1 Å². The van der Waals surface area contributed by atoms with Gasteiger partial charge in [0.05, 0.1) is 11.3 Å². The van der Waals surface area contributed by atoms with Crippen LogP contribution >= 0.6 is 0 Å². The Hall–Kier alpha value is -0.870. The molecule has 0 bridgehead atoms. The van der Waals surface area contributed by atoms with Gasteiger partial charge in [0.25, 0.3) is 0 Å². The van der Waals surface area contributed by atoms with Crippen LogP contribution in [0.15, 0.2) is 6.20 Å². The second-order valence-electron chi connectivity index (χ2n) is 6.08. The van der Waals surface area contributed by atoms with Gasteiger partial charge in [0, 0.05) is 38.0 Å². The van der Waals surface area contributed by atoms with Crippen LogP contribution in [0.1, 0.15) is 50.3 Å². The molecule has 1 aromatic rings. The van der Waals surface area contributed by atoms with E-state index in [1.54, 1.807) is 0 Å². The van der Waals surface area contributed by atoms with Gasteiger partial charge in [-0.15, -0.1) is 0 Å². The lowest BCUT2D eigenvalue weighted by Crippen LogP contribution is -2.50. The Balaban J connectivity index is 1.56. The first kappa shape index (κ1) is 13.1. The number of hydrogen-bond acceptors (Lipinski definition) is 3. The smallest absolute Gasteiger partial charge is 0.0697 e. The summed E-state index contributed by atoms with van der Waals surface area (Å²) in [7, 11) is 2.00. The Morgan fingerprint density at radius 1 is 1.53 bits per heavy atom. The van der Waals surface area contributed by atoms with Crippen molar-refractivity contribution in [3.05, 3.63) is 17.5 Å². The molecule has 1 spiro atoms. The molecule has 1 aliphatic carbocycles. The number of rotatable bonds is 4. The average molecular weight is 263 g/mol. The van der Waals surface area contributed by atoms with Gasteiger partial charge >= 0.3 is 0 Å². The summed E-state index contributed by atoms with van der Waals surface area (Å²) in [6, 6.07) is 0.610. The van der Waals surface area contributed by atoms with Crippen molar-refractivity contribution in [3.63, 3.8) is 0 Å². The summed E-state index contributed by atoms with van der Waals surface area (Å²) >= 11 is 0. The second-order valence-corrected chi connectivity index (χ2v) is 6.08. The van der Waals surface area contributed by atoms with Crippen molar-refractivity contribution in [2.24, 2.45) is 7.05 Å². The molecule has 2 fully saturated rings. The average Bonchev–Trinajstić information content (AvgIpc) is 2.75. The number of nitrogens with one attached hydrogen (secondary N) is 1. The summed E-state index contributed by atoms with van der Waals surface area (Å²) in [4.78, 5) is 0. The van der Waals surface area contributed by atoms with E-state index in [-0.39, 0.29) is 5.60 Å². The molecule has 0 radical (unpaired) electrons. The van der Waals surface area contributed by atoms with Gasteiger partial charge in [-0.25, -0.2) is 0 Å². The van der Waals surface area contributed by atoms with Crippen molar-refractivity contribution >= 4 is 0 Å². The maximum absolute atomic E-state index is 5.98. The maximum atomic E-state index is 5.98. The first-order valence-electron chi connectivity index (χ1n) is 7.59. The molecule has 4 nitrogen and oxygen atoms in total. The van der Waals surface area contributed by atoms with E-state index < -0.39 is 0 Å². The fourth-order valence-electron chi connectivity index (χ4n) is 3.40. The van der Waals surface area contributed by atoms with Crippen LogP contribution in [0.25, 0.3) is 0 Å². The van der Waals surface area contributed by atoms with Crippen LogP contribution in [0, 0.1) is 0 Å². The van der Waals surface area contributed by atoms with Crippen molar-refractivity contribution in [3.8, 4) is 0 Å². The molecule has 0 aromatic carbocycles. The Kier molecular flexibility index (Phi) is 3.63. The fourth-order valence-corrected chi connectivity index (χ4v) is 3.40. The van der Waals surface area contributed by atoms with Crippen molar-refractivity contribution in [2.75, 3.05) is 6.61 Å². The zero-order valence-corrected chi connectivity index (χ0v) is 12.1. The van der Waals surface area contributed by atoms with Gasteiger partial charge in [-0.1, -0.05) is 6.92 Å². The highest BCUT2D eigenvalue weighted by Gasteiger charge is 2.42. The SMILES string of the molecule is CCc1nn(C)cc1CNC1CCOC2(CCC2)C1. The van der Waals surface area contributed by atoms with E-state index in [2.05, 4.69) is 23.5 Å². The zero-order valence-electron chi connectivity index (χ0n) is 12.1. The predicted molar refractivity (Wildman–Crippen MR) is 75.0 cm³/mol. The molecular formula is C15H25N3O. The third kappa shape index (κ3) is 2.70. The van der Waals surface area contributed by atoms with Crippen LogP contribution in [-0.2, 0) is 24.8 Å². The van der Waals surface area contributed by atoms with Crippen LogP contribution in [0.5, 0.6) is 0 Å². The molecule has 4 heteroatoms. The van der Waals surface area contributed by atoms with Gasteiger partial charge in [0.2, 0.25) is 0 Å². The predicted octanol–water partition coefficient (Wildman–Crippen LogP) is 2.17. The topological polar surface area (TPSA) is 39.1 Å². The molecule has 1 N–H and O–H groups in total. The summed E-state index contributed by atoms with van der Waals surface area (Å²) < 4.78 is 7.90. The highest BCUT2D eigenvalue weighted by molar-refractivity contribution is 5.17. The van der Waals surface area contributed by atoms with Crippen LogP contribution in [0.3, 0.4) is 0 Å². The molecule has 1 aliphatic heterocycles. The van der Waals surface area contributed by atoms with Gasteiger partial charge in [0.1, 0.15) is 0 Å². The first-order valence-corrected chi connectivity index (χ1v) is 7.59. The van der Waals surface area contributed by atoms with E-state index in [1.807, 2.05) is 11.7 Å². The highest BCUT2D eigenvalue weighted by atomic mass is 16.5. The normalized spacial score (nSPS) is 25.5. The van der Waals surface area contributed by atoms with Gasteiger partial charge in [-0.2, -0.15) is 5.10 Å². The van der Waals surface area contributed by atoms with E-state index >= 15 is 0 Å². The molecule has 19 heavy (non-hydrogen) atoms. The van der Waals surface area contributed by atoms with Crippen LogP contribution < -0.4 is 5.32 Å². The molecular weight excluding hydrogens is 238 g/mol. The van der Waals surface area contributed by atoms with Gasteiger partial charge in [-0.3, -0.25) is 4.68 Å². The lowest BCUT2D eigenvalue weighted by Gasteiger charge is -2.47. The van der Waals surface area contributed by atoms with E-state index in [9.17, 15) is 0 Å². The van der Waals surface area contributed by atoms with Gasteiger partial charge in [-0.05, 0) is 38.5 Å². The summed E-state index contributed by atoms with van der Waals surface area (Å²) in [6.45, 7) is 4.03. The second kappa shape index (κ2) is 5.25. The number of aryl methyl sites for hydroxylation is 2. The molecule has 1 aromatic heterocycles. The molecule has 106 valence electrons. The Morgan fingerprint density at radius 3 is 3.05 bits per heavy atom. The summed E-state index contributed by atoms with van der Waals surface area (Å²) in [6.07, 6.45) is 9.35. The Labute approximate surface area is 115 Å². The monoisotopic (exact) mass is 263 g/mol. The largest absolute Gasteiger partial charge is 0.375 e. The minimum Gasteiger partial charge on any atom is -0.375 e. The molecule has 0 amide bonds. The van der Waals surface area contributed by atoms with E-state index in [4.69, 9.17) is 4.74 Å². The molecule has 1 unspecified atom stereocenters. The molecule has 1 saturated carbocycles. The quantitative estimate of drug-likeness (QED) is 0.905. The minimum atomic E-state index is 0.235. The Bertz CT molecular complexity index is 437. The Morgan fingerprint density at radius 2 is 2.37 bits per heavy atom. The third-order valence-electron chi connectivity index (χ3n) is 4.67. The summed E-state index contributed by atoms with van der Waals surface area (Å²) in [5.74, 6) is 0. The molecule has 2 aliphatic rings. The van der Waals surface area contributed by atoms with Crippen molar-refractivity contribution in [1.29, 1.82) is 0 Å².